The summed E-state index contributed by atoms with van der Waals surface area (Å²) in [4.78, 5) is 14.9. The third-order valence-corrected chi connectivity index (χ3v) is 2.45. The van der Waals surface area contributed by atoms with Gasteiger partial charge in [-0.1, -0.05) is 0 Å². The van der Waals surface area contributed by atoms with Crippen LogP contribution in [0.4, 0.5) is 0 Å². The average molecular weight is 192 g/mol. The quantitative estimate of drug-likeness (QED) is 0.720. The fraction of sp³-hybridized carbons (Fsp3) is 0.111. The van der Waals surface area contributed by atoms with Crippen LogP contribution in [0, 0.1) is 0 Å². The van der Waals surface area contributed by atoms with Crippen LogP contribution in [0.25, 0.3) is 0 Å². The molecular weight excluding hydrogens is 184 g/mol. The second-order valence-electron chi connectivity index (χ2n) is 2.66. The zero-order valence-corrected chi connectivity index (χ0v) is 7.70. The number of nitrogens with zero attached hydrogens (tertiary/aromatic N) is 2. The van der Waals surface area contributed by atoms with E-state index in [4.69, 9.17) is 0 Å². The van der Waals surface area contributed by atoms with Crippen LogP contribution in [0.15, 0.2) is 40.1 Å². The lowest BCUT2D eigenvalue weighted by atomic mass is 10.3. The molecule has 2 heterocycles. The first kappa shape index (κ1) is 8.19. The minimum absolute atomic E-state index is 0.200. The smallest absolute Gasteiger partial charge is 0.295 e. The first-order valence-corrected chi connectivity index (χ1v) is 4.83. The molecule has 66 valence electrons. The molecule has 0 unspecified atom stereocenters. The zero-order valence-electron chi connectivity index (χ0n) is 6.88. The minimum Gasteiger partial charge on any atom is -0.295 e. The van der Waals surface area contributed by atoms with Gasteiger partial charge in [0.25, 0.3) is 0 Å². The van der Waals surface area contributed by atoms with Crippen LogP contribution in [0.3, 0.4) is 0 Å². The Bertz CT molecular complexity index is 433. The van der Waals surface area contributed by atoms with Crippen molar-refractivity contribution in [2.45, 2.75) is 6.54 Å². The SMILES string of the molecule is O=c1ncccn1Cc1ccsc1. The topological polar surface area (TPSA) is 34.9 Å². The summed E-state index contributed by atoms with van der Waals surface area (Å²) in [5.41, 5.74) is 0.939. The number of thiophene rings is 1. The van der Waals surface area contributed by atoms with E-state index >= 15 is 0 Å². The molecule has 0 aliphatic rings. The van der Waals surface area contributed by atoms with Crippen molar-refractivity contribution in [3.8, 4) is 0 Å². The summed E-state index contributed by atoms with van der Waals surface area (Å²) in [6.07, 6.45) is 3.25. The summed E-state index contributed by atoms with van der Waals surface area (Å²) in [7, 11) is 0. The first-order valence-electron chi connectivity index (χ1n) is 3.89. The molecule has 0 fully saturated rings. The summed E-state index contributed by atoms with van der Waals surface area (Å²) >= 11 is 1.63. The molecule has 2 rings (SSSR count). The predicted octanol–water partition coefficient (Wildman–Crippen LogP) is 1.35. The molecular formula is C9H8N2OS. The van der Waals surface area contributed by atoms with E-state index in [1.807, 2.05) is 16.8 Å². The van der Waals surface area contributed by atoms with E-state index < -0.39 is 0 Å². The molecule has 4 heteroatoms. The highest BCUT2D eigenvalue weighted by Crippen LogP contribution is 2.06. The molecule has 0 saturated heterocycles. The Balaban J connectivity index is 2.29. The fourth-order valence-corrected chi connectivity index (χ4v) is 1.75. The van der Waals surface area contributed by atoms with E-state index in [2.05, 4.69) is 4.98 Å². The monoisotopic (exact) mass is 192 g/mol. The van der Waals surface area contributed by atoms with Gasteiger partial charge in [0.1, 0.15) is 0 Å². The van der Waals surface area contributed by atoms with Crippen LogP contribution < -0.4 is 5.69 Å². The van der Waals surface area contributed by atoms with Crippen molar-refractivity contribution in [1.82, 2.24) is 9.55 Å². The van der Waals surface area contributed by atoms with Crippen molar-refractivity contribution in [2.24, 2.45) is 0 Å². The van der Waals surface area contributed by atoms with Crippen molar-refractivity contribution < 1.29 is 0 Å². The van der Waals surface area contributed by atoms with E-state index in [-0.39, 0.29) is 5.69 Å². The number of aromatic nitrogens is 2. The van der Waals surface area contributed by atoms with Crippen LogP contribution in [-0.4, -0.2) is 9.55 Å². The molecule has 2 aromatic rings. The van der Waals surface area contributed by atoms with Crippen LogP contribution in [0.5, 0.6) is 0 Å². The van der Waals surface area contributed by atoms with Gasteiger partial charge in [-0.05, 0) is 28.5 Å². The Morgan fingerprint density at radius 2 is 2.46 bits per heavy atom. The number of rotatable bonds is 2. The molecule has 0 spiro atoms. The third kappa shape index (κ3) is 1.84. The summed E-state index contributed by atoms with van der Waals surface area (Å²) in [5.74, 6) is 0. The van der Waals surface area contributed by atoms with E-state index in [0.29, 0.717) is 6.54 Å². The third-order valence-electron chi connectivity index (χ3n) is 1.72. The maximum absolute atomic E-state index is 11.2. The van der Waals surface area contributed by atoms with Crippen molar-refractivity contribution in [3.63, 3.8) is 0 Å². The first-order chi connectivity index (χ1) is 6.36. The Morgan fingerprint density at radius 1 is 1.54 bits per heavy atom. The van der Waals surface area contributed by atoms with E-state index in [0.717, 1.165) is 5.56 Å². The van der Waals surface area contributed by atoms with Crippen molar-refractivity contribution in [3.05, 3.63) is 51.3 Å². The molecule has 0 saturated carbocycles. The van der Waals surface area contributed by atoms with Gasteiger partial charge >= 0.3 is 5.69 Å². The van der Waals surface area contributed by atoms with E-state index in [9.17, 15) is 4.79 Å². The van der Waals surface area contributed by atoms with E-state index in [1.165, 1.54) is 6.20 Å². The van der Waals surface area contributed by atoms with Crippen LogP contribution in [0.2, 0.25) is 0 Å². The van der Waals surface area contributed by atoms with Crippen molar-refractivity contribution >= 4 is 11.3 Å². The van der Waals surface area contributed by atoms with Gasteiger partial charge in [-0.2, -0.15) is 11.3 Å². The van der Waals surface area contributed by atoms with E-state index in [1.54, 1.807) is 28.2 Å². The molecule has 0 atom stereocenters. The summed E-state index contributed by atoms with van der Waals surface area (Å²) in [5, 5.41) is 4.02. The summed E-state index contributed by atoms with van der Waals surface area (Å²) < 4.78 is 1.59. The molecule has 0 radical (unpaired) electrons. The van der Waals surface area contributed by atoms with Gasteiger partial charge in [0.05, 0.1) is 6.54 Å². The summed E-state index contributed by atoms with van der Waals surface area (Å²) in [6.45, 7) is 0.607. The highest BCUT2D eigenvalue weighted by molar-refractivity contribution is 7.07. The molecule has 0 aliphatic heterocycles. The molecule has 0 aliphatic carbocycles. The minimum atomic E-state index is -0.200. The standard InChI is InChI=1S/C9H8N2OS/c12-9-10-3-1-4-11(9)6-8-2-5-13-7-8/h1-5,7H,6H2. The maximum Gasteiger partial charge on any atom is 0.347 e. The molecule has 0 aromatic carbocycles. The number of hydrogen-bond acceptors (Lipinski definition) is 3. The largest absolute Gasteiger partial charge is 0.347 e. The van der Waals surface area contributed by atoms with Gasteiger partial charge in [0.2, 0.25) is 0 Å². The molecule has 0 N–H and O–H groups in total. The average Bonchev–Trinajstić information content (AvgIpc) is 2.61. The molecule has 2 aromatic heterocycles. The second kappa shape index (κ2) is 3.53. The Kier molecular flexibility index (Phi) is 2.23. The molecule has 3 nitrogen and oxygen atoms in total. The normalized spacial score (nSPS) is 10.2. The lowest BCUT2D eigenvalue weighted by Crippen LogP contribution is -2.21. The Labute approximate surface area is 79.3 Å². The van der Waals surface area contributed by atoms with Gasteiger partial charge < -0.3 is 0 Å². The Morgan fingerprint density at radius 3 is 3.15 bits per heavy atom. The van der Waals surface area contributed by atoms with Crippen LogP contribution in [-0.2, 0) is 6.54 Å². The second-order valence-corrected chi connectivity index (χ2v) is 3.44. The van der Waals surface area contributed by atoms with Gasteiger partial charge in [-0.3, -0.25) is 4.57 Å². The lowest BCUT2D eigenvalue weighted by molar-refractivity contribution is 0.729. The van der Waals surface area contributed by atoms with Gasteiger partial charge in [0.15, 0.2) is 0 Å². The van der Waals surface area contributed by atoms with Gasteiger partial charge in [-0.25, -0.2) is 9.78 Å². The molecule has 13 heavy (non-hydrogen) atoms. The summed E-state index contributed by atoms with van der Waals surface area (Å²) in [6, 6.07) is 3.76. The zero-order chi connectivity index (χ0) is 9.10. The molecule has 0 amide bonds. The lowest BCUT2D eigenvalue weighted by Gasteiger charge is -2.00. The maximum atomic E-state index is 11.2. The highest BCUT2D eigenvalue weighted by atomic mass is 32.1. The number of hydrogen-bond donors (Lipinski definition) is 0. The van der Waals surface area contributed by atoms with Crippen molar-refractivity contribution in [1.29, 1.82) is 0 Å². The molecule has 0 bridgehead atoms. The van der Waals surface area contributed by atoms with Crippen LogP contribution >= 0.6 is 11.3 Å². The highest BCUT2D eigenvalue weighted by Gasteiger charge is 1.96. The van der Waals surface area contributed by atoms with Gasteiger partial charge in [0, 0.05) is 12.4 Å². The van der Waals surface area contributed by atoms with Gasteiger partial charge in [-0.15, -0.1) is 0 Å². The van der Waals surface area contributed by atoms with Crippen molar-refractivity contribution in [2.75, 3.05) is 0 Å². The Hall–Kier alpha value is -1.42. The predicted molar refractivity (Wildman–Crippen MR) is 51.9 cm³/mol. The van der Waals surface area contributed by atoms with Crippen LogP contribution in [0.1, 0.15) is 5.56 Å². The fourth-order valence-electron chi connectivity index (χ4n) is 1.09.